The van der Waals surface area contributed by atoms with Crippen LogP contribution < -0.4 is 0 Å². The Labute approximate surface area is 117 Å². The Morgan fingerprint density at radius 1 is 1.47 bits per heavy atom. The first-order chi connectivity index (χ1) is 8.73. The molecular weight excluding hydrogens is 290 g/mol. The number of hydrogen-bond donors (Lipinski definition) is 1. The van der Waals surface area contributed by atoms with Crippen LogP contribution in [-0.2, 0) is 19.4 Å². The number of aliphatic carboxylic acids is 1. The third-order valence-electron chi connectivity index (χ3n) is 3.16. The minimum Gasteiger partial charge on any atom is -0.481 e. The van der Waals surface area contributed by atoms with Crippen molar-refractivity contribution in [1.29, 1.82) is 0 Å². The highest BCUT2D eigenvalue weighted by Crippen LogP contribution is 2.18. The summed E-state index contributed by atoms with van der Waals surface area (Å²) in [5, 5.41) is 8.71. The molecule has 1 heterocycles. The van der Waals surface area contributed by atoms with Crippen LogP contribution in [0.5, 0.6) is 0 Å². The fraction of sp³-hybridized carbons (Fsp3) is 0.818. The van der Waals surface area contributed by atoms with Gasteiger partial charge in [0.1, 0.15) is 0 Å². The van der Waals surface area contributed by atoms with Gasteiger partial charge in [-0.15, -0.1) is 0 Å². The summed E-state index contributed by atoms with van der Waals surface area (Å²) in [5.41, 5.74) is 0. The molecule has 0 aliphatic carbocycles. The highest BCUT2D eigenvalue weighted by Gasteiger charge is 2.32. The maximum Gasteiger partial charge on any atom is 0.307 e. The molecule has 1 aliphatic rings. The van der Waals surface area contributed by atoms with Gasteiger partial charge in [-0.2, -0.15) is 11.8 Å². The average molecular weight is 309 g/mol. The monoisotopic (exact) mass is 309 g/mol. The topological polar surface area (TPSA) is 91.8 Å². The largest absolute Gasteiger partial charge is 0.481 e. The maximum absolute atomic E-state index is 11.9. The van der Waals surface area contributed by atoms with Gasteiger partial charge in [0.15, 0.2) is 9.84 Å². The molecule has 19 heavy (non-hydrogen) atoms. The number of carboxylic acids is 1. The molecule has 0 aromatic heterocycles. The molecule has 0 radical (unpaired) electrons. The van der Waals surface area contributed by atoms with Crippen LogP contribution in [-0.4, -0.2) is 66.4 Å². The molecule has 0 spiro atoms. The Kier molecular flexibility index (Phi) is 5.66. The minimum absolute atomic E-state index is 0.0332. The lowest BCUT2D eigenvalue weighted by Crippen LogP contribution is -2.39. The number of sulfone groups is 1. The molecule has 6 nitrogen and oxygen atoms in total. The van der Waals surface area contributed by atoms with E-state index in [1.807, 2.05) is 0 Å². The summed E-state index contributed by atoms with van der Waals surface area (Å²) in [5.74, 6) is -0.790. The summed E-state index contributed by atoms with van der Waals surface area (Å²) >= 11 is 1.26. The smallest absolute Gasteiger partial charge is 0.307 e. The van der Waals surface area contributed by atoms with Crippen LogP contribution in [0.3, 0.4) is 0 Å². The molecule has 0 saturated carbocycles. The van der Waals surface area contributed by atoms with Crippen molar-refractivity contribution < 1.29 is 23.1 Å². The molecule has 110 valence electrons. The van der Waals surface area contributed by atoms with Crippen molar-refractivity contribution in [3.8, 4) is 0 Å². The van der Waals surface area contributed by atoms with Crippen molar-refractivity contribution >= 4 is 33.5 Å². The second-order valence-corrected chi connectivity index (χ2v) is 8.07. The zero-order valence-corrected chi connectivity index (χ0v) is 12.7. The van der Waals surface area contributed by atoms with E-state index in [-0.39, 0.29) is 29.2 Å². The van der Waals surface area contributed by atoms with Crippen LogP contribution in [0.4, 0.5) is 0 Å². The maximum atomic E-state index is 11.9. The van der Waals surface area contributed by atoms with Gasteiger partial charge in [-0.1, -0.05) is 6.92 Å². The lowest BCUT2D eigenvalue weighted by atomic mass is 10.2. The molecule has 2 unspecified atom stereocenters. The zero-order valence-electron chi connectivity index (χ0n) is 11.0. The Bertz CT molecular complexity index is 448. The lowest BCUT2D eigenvalue weighted by molar-refractivity contribution is -0.140. The van der Waals surface area contributed by atoms with E-state index in [1.165, 1.54) is 16.7 Å². The van der Waals surface area contributed by atoms with E-state index in [0.29, 0.717) is 12.2 Å². The summed E-state index contributed by atoms with van der Waals surface area (Å²) in [6.45, 7) is 1.59. The predicted molar refractivity (Wildman–Crippen MR) is 74.0 cm³/mol. The van der Waals surface area contributed by atoms with Gasteiger partial charge in [-0.3, -0.25) is 9.59 Å². The van der Waals surface area contributed by atoms with Gasteiger partial charge in [0, 0.05) is 18.8 Å². The molecule has 1 saturated heterocycles. The standard InChI is InChI=1S/C11H19NO5S2/c1-8(11(14)15)5-18-6-10(13)12(2)9-3-4-19(16,17)7-9/h8-9H,3-7H2,1-2H3,(H,14,15). The van der Waals surface area contributed by atoms with Gasteiger partial charge in [-0.25, -0.2) is 8.42 Å². The number of rotatable bonds is 6. The molecular formula is C11H19NO5S2. The van der Waals surface area contributed by atoms with Crippen molar-refractivity contribution in [3.63, 3.8) is 0 Å². The van der Waals surface area contributed by atoms with E-state index in [4.69, 9.17) is 5.11 Å². The van der Waals surface area contributed by atoms with Crippen LogP contribution >= 0.6 is 11.8 Å². The van der Waals surface area contributed by atoms with Crippen LogP contribution in [0, 0.1) is 5.92 Å². The minimum atomic E-state index is -3.00. The van der Waals surface area contributed by atoms with Gasteiger partial charge < -0.3 is 10.0 Å². The molecule has 1 aliphatic heterocycles. The van der Waals surface area contributed by atoms with Gasteiger partial charge >= 0.3 is 5.97 Å². The van der Waals surface area contributed by atoms with Crippen LogP contribution in [0.1, 0.15) is 13.3 Å². The van der Waals surface area contributed by atoms with Crippen molar-refractivity contribution in [1.82, 2.24) is 4.90 Å². The van der Waals surface area contributed by atoms with E-state index in [9.17, 15) is 18.0 Å². The lowest BCUT2D eigenvalue weighted by Gasteiger charge is -2.23. The Balaban J connectivity index is 2.36. The third-order valence-corrected chi connectivity index (χ3v) is 6.10. The SMILES string of the molecule is CC(CSCC(=O)N(C)C1CCS(=O)(=O)C1)C(=O)O. The van der Waals surface area contributed by atoms with E-state index in [1.54, 1.807) is 14.0 Å². The van der Waals surface area contributed by atoms with Crippen molar-refractivity contribution in [2.24, 2.45) is 5.92 Å². The molecule has 0 aromatic carbocycles. The van der Waals surface area contributed by atoms with Crippen LogP contribution in [0.2, 0.25) is 0 Å². The second-order valence-electron chi connectivity index (χ2n) is 4.82. The summed E-state index contributed by atoms with van der Waals surface area (Å²) in [6.07, 6.45) is 0.487. The number of thioether (sulfide) groups is 1. The third kappa shape index (κ3) is 5.02. The number of carbonyl (C=O) groups excluding carboxylic acids is 1. The fourth-order valence-electron chi connectivity index (χ4n) is 1.78. The molecule has 0 bridgehead atoms. The summed E-state index contributed by atoms with van der Waals surface area (Å²) < 4.78 is 22.7. The molecule has 1 rings (SSSR count). The quantitative estimate of drug-likeness (QED) is 0.747. The first kappa shape index (κ1) is 16.3. The Morgan fingerprint density at radius 3 is 2.58 bits per heavy atom. The Morgan fingerprint density at radius 2 is 2.11 bits per heavy atom. The van der Waals surface area contributed by atoms with Crippen molar-refractivity contribution in [2.45, 2.75) is 19.4 Å². The first-order valence-electron chi connectivity index (χ1n) is 5.99. The number of carboxylic acid groups (broad SMARTS) is 1. The number of amides is 1. The molecule has 8 heteroatoms. The van der Waals surface area contributed by atoms with E-state index >= 15 is 0 Å². The van der Waals surface area contributed by atoms with E-state index in [0.717, 1.165) is 0 Å². The molecule has 1 N–H and O–H groups in total. The Hall–Kier alpha value is -0.760. The predicted octanol–water partition coefficient (Wildman–Crippen LogP) is 0.0858. The fourth-order valence-corrected chi connectivity index (χ4v) is 4.55. The highest BCUT2D eigenvalue weighted by molar-refractivity contribution is 7.99. The van der Waals surface area contributed by atoms with E-state index < -0.39 is 21.7 Å². The summed E-state index contributed by atoms with van der Waals surface area (Å²) in [4.78, 5) is 23.9. The molecule has 2 atom stereocenters. The summed E-state index contributed by atoms with van der Waals surface area (Å²) in [6, 6.07) is -0.241. The van der Waals surface area contributed by atoms with Crippen molar-refractivity contribution in [3.05, 3.63) is 0 Å². The van der Waals surface area contributed by atoms with Crippen molar-refractivity contribution in [2.75, 3.05) is 30.1 Å². The highest BCUT2D eigenvalue weighted by atomic mass is 32.2. The number of hydrogen-bond acceptors (Lipinski definition) is 5. The molecule has 0 aromatic rings. The van der Waals surface area contributed by atoms with E-state index in [2.05, 4.69) is 0 Å². The number of carbonyl (C=O) groups is 2. The number of nitrogens with zero attached hydrogens (tertiary/aromatic N) is 1. The molecule has 1 fully saturated rings. The zero-order chi connectivity index (χ0) is 14.6. The van der Waals surface area contributed by atoms with Gasteiger partial charge in [0.05, 0.1) is 23.2 Å². The summed E-state index contributed by atoms with van der Waals surface area (Å²) in [7, 11) is -1.39. The van der Waals surface area contributed by atoms with Gasteiger partial charge in [0.2, 0.25) is 5.91 Å². The van der Waals surface area contributed by atoms with Gasteiger partial charge in [0.25, 0.3) is 0 Å². The second kappa shape index (κ2) is 6.60. The van der Waals surface area contributed by atoms with Crippen LogP contribution in [0.15, 0.2) is 0 Å². The van der Waals surface area contributed by atoms with Crippen LogP contribution in [0.25, 0.3) is 0 Å². The van der Waals surface area contributed by atoms with Gasteiger partial charge in [-0.05, 0) is 6.42 Å². The normalized spacial score (nSPS) is 22.9. The first-order valence-corrected chi connectivity index (χ1v) is 8.97. The molecule has 1 amide bonds. The average Bonchev–Trinajstić information content (AvgIpc) is 2.68.